The zero-order valence-electron chi connectivity index (χ0n) is 17.3. The molecule has 0 N–H and O–H groups in total. The minimum absolute atomic E-state index is 0.625. The lowest BCUT2D eigenvalue weighted by molar-refractivity contribution is 0.0397. The number of nitrogens with zero attached hydrogens (tertiary/aromatic N) is 4. The molecule has 3 aromatic rings. The molecule has 2 aromatic carbocycles. The van der Waals surface area contributed by atoms with Crippen LogP contribution in [-0.4, -0.2) is 53.9 Å². The molecular weight excluding hydrogens is 380 g/mol. The van der Waals surface area contributed by atoms with E-state index >= 15 is 0 Å². The van der Waals surface area contributed by atoms with E-state index in [-0.39, 0.29) is 0 Å². The van der Waals surface area contributed by atoms with Crippen LogP contribution in [0.15, 0.2) is 59.7 Å². The molecule has 30 heavy (non-hydrogen) atoms. The van der Waals surface area contributed by atoms with E-state index in [9.17, 15) is 0 Å². The van der Waals surface area contributed by atoms with Crippen LogP contribution >= 0.6 is 0 Å². The first-order valence-electron chi connectivity index (χ1n) is 10.2. The molecule has 0 bridgehead atoms. The van der Waals surface area contributed by atoms with Crippen LogP contribution in [0.25, 0.3) is 5.69 Å². The number of ether oxygens (including phenoxy) is 3. The maximum Gasteiger partial charge on any atom is 0.231 e. The van der Waals surface area contributed by atoms with Gasteiger partial charge in [0.25, 0.3) is 0 Å². The second-order valence-electron chi connectivity index (χ2n) is 6.87. The Labute approximate surface area is 176 Å². The fourth-order valence-corrected chi connectivity index (χ4v) is 3.20. The second kappa shape index (κ2) is 9.45. The minimum Gasteiger partial charge on any atom is -0.494 e. The molecule has 0 unspecified atom stereocenters. The van der Waals surface area contributed by atoms with Crippen molar-refractivity contribution in [3.63, 3.8) is 0 Å². The summed E-state index contributed by atoms with van der Waals surface area (Å²) in [6, 6.07) is 17.5. The lowest BCUT2D eigenvalue weighted by atomic mass is 10.2. The predicted octanol–water partition coefficient (Wildman–Crippen LogP) is 4.04. The maximum atomic E-state index is 6.30. The summed E-state index contributed by atoms with van der Waals surface area (Å²) in [5.74, 6) is 2.14. The molecule has 1 aliphatic heterocycles. The Morgan fingerprint density at radius 3 is 2.43 bits per heavy atom. The van der Waals surface area contributed by atoms with Crippen LogP contribution in [0.5, 0.6) is 17.4 Å². The molecule has 1 saturated heterocycles. The zero-order valence-corrected chi connectivity index (χ0v) is 17.3. The van der Waals surface area contributed by atoms with Crippen molar-refractivity contribution in [2.45, 2.75) is 13.8 Å². The first-order valence-corrected chi connectivity index (χ1v) is 10.2. The van der Waals surface area contributed by atoms with Crippen LogP contribution in [0.1, 0.15) is 18.2 Å². The third-order valence-electron chi connectivity index (χ3n) is 4.75. The second-order valence-corrected chi connectivity index (χ2v) is 6.87. The number of morpholine rings is 1. The standard InChI is InChI=1S/C23H26N4O3/c1-3-29-20-9-11-21(12-10-20)30-23-22(17-24-26-13-15-28-16-14-26)18(2)25-27(23)19-7-5-4-6-8-19/h4-12,17H,3,13-16H2,1-2H3/b24-17+. The third-order valence-corrected chi connectivity index (χ3v) is 4.75. The minimum atomic E-state index is 0.625. The van der Waals surface area contributed by atoms with E-state index in [0.717, 1.165) is 35.8 Å². The van der Waals surface area contributed by atoms with Crippen LogP contribution in [0.4, 0.5) is 0 Å². The Bertz CT molecular complexity index is 978. The quantitative estimate of drug-likeness (QED) is 0.554. The van der Waals surface area contributed by atoms with E-state index in [1.807, 2.05) is 84.4 Å². The highest BCUT2D eigenvalue weighted by Crippen LogP contribution is 2.30. The van der Waals surface area contributed by atoms with E-state index in [1.54, 1.807) is 0 Å². The molecule has 0 atom stereocenters. The number of para-hydroxylation sites is 1. The van der Waals surface area contributed by atoms with Gasteiger partial charge in [0.05, 0.1) is 56.1 Å². The summed E-state index contributed by atoms with van der Waals surface area (Å²) in [4.78, 5) is 0. The molecule has 4 rings (SSSR count). The van der Waals surface area contributed by atoms with Crippen LogP contribution in [-0.2, 0) is 4.74 Å². The van der Waals surface area contributed by atoms with Crippen molar-refractivity contribution >= 4 is 6.21 Å². The van der Waals surface area contributed by atoms with Crippen molar-refractivity contribution in [2.24, 2.45) is 5.10 Å². The average molecular weight is 406 g/mol. The number of benzene rings is 2. The highest BCUT2D eigenvalue weighted by atomic mass is 16.5. The van der Waals surface area contributed by atoms with Gasteiger partial charge in [0.15, 0.2) is 0 Å². The summed E-state index contributed by atoms with van der Waals surface area (Å²) in [5.41, 5.74) is 2.61. The zero-order chi connectivity index (χ0) is 20.8. The lowest BCUT2D eigenvalue weighted by Gasteiger charge is -2.23. The first-order chi connectivity index (χ1) is 14.7. The molecular formula is C23H26N4O3. The molecule has 156 valence electrons. The van der Waals surface area contributed by atoms with Gasteiger partial charge in [0, 0.05) is 0 Å². The summed E-state index contributed by atoms with van der Waals surface area (Å²) in [6.45, 7) is 7.48. The Morgan fingerprint density at radius 2 is 1.73 bits per heavy atom. The first kappa shape index (κ1) is 20.0. The van der Waals surface area contributed by atoms with Gasteiger partial charge in [0.2, 0.25) is 5.88 Å². The van der Waals surface area contributed by atoms with Crippen molar-refractivity contribution in [1.82, 2.24) is 14.8 Å². The molecule has 0 amide bonds. The average Bonchev–Trinajstić information content (AvgIpc) is 3.10. The van der Waals surface area contributed by atoms with Gasteiger partial charge < -0.3 is 14.2 Å². The SMILES string of the molecule is CCOc1ccc(Oc2c(/C=N/N3CCOCC3)c(C)nn2-c2ccccc2)cc1. The Balaban J connectivity index is 1.68. The van der Waals surface area contributed by atoms with Gasteiger partial charge in [-0.1, -0.05) is 18.2 Å². The molecule has 0 aliphatic carbocycles. The van der Waals surface area contributed by atoms with Crippen LogP contribution in [0.3, 0.4) is 0 Å². The summed E-state index contributed by atoms with van der Waals surface area (Å²) in [7, 11) is 0. The monoisotopic (exact) mass is 406 g/mol. The fourth-order valence-electron chi connectivity index (χ4n) is 3.20. The van der Waals surface area contributed by atoms with Gasteiger partial charge in [-0.15, -0.1) is 0 Å². The van der Waals surface area contributed by atoms with Gasteiger partial charge >= 0.3 is 0 Å². The van der Waals surface area contributed by atoms with Crippen LogP contribution in [0, 0.1) is 6.92 Å². The molecule has 0 spiro atoms. The number of hydrogen-bond donors (Lipinski definition) is 0. The fraction of sp³-hybridized carbons (Fsp3) is 0.304. The molecule has 2 heterocycles. The highest BCUT2D eigenvalue weighted by molar-refractivity contribution is 5.84. The lowest BCUT2D eigenvalue weighted by Crippen LogP contribution is -2.32. The van der Waals surface area contributed by atoms with Crippen LogP contribution < -0.4 is 9.47 Å². The van der Waals surface area contributed by atoms with Crippen molar-refractivity contribution in [1.29, 1.82) is 0 Å². The van der Waals surface area contributed by atoms with Crippen molar-refractivity contribution in [3.8, 4) is 23.1 Å². The number of hydrogen-bond acceptors (Lipinski definition) is 6. The molecule has 1 fully saturated rings. The van der Waals surface area contributed by atoms with E-state index in [4.69, 9.17) is 19.3 Å². The Morgan fingerprint density at radius 1 is 1.03 bits per heavy atom. The topological polar surface area (TPSA) is 61.1 Å². The van der Waals surface area contributed by atoms with E-state index in [1.165, 1.54) is 0 Å². The molecule has 7 heteroatoms. The molecule has 7 nitrogen and oxygen atoms in total. The smallest absolute Gasteiger partial charge is 0.231 e. The summed E-state index contributed by atoms with van der Waals surface area (Å²) in [5, 5.41) is 11.4. The third kappa shape index (κ3) is 4.63. The summed E-state index contributed by atoms with van der Waals surface area (Å²) >= 11 is 0. The van der Waals surface area contributed by atoms with E-state index < -0.39 is 0 Å². The van der Waals surface area contributed by atoms with Gasteiger partial charge in [-0.25, -0.2) is 0 Å². The summed E-state index contributed by atoms with van der Waals surface area (Å²) in [6.07, 6.45) is 1.83. The largest absolute Gasteiger partial charge is 0.494 e. The number of aromatic nitrogens is 2. The van der Waals surface area contributed by atoms with E-state index in [2.05, 4.69) is 5.10 Å². The van der Waals surface area contributed by atoms with E-state index in [0.29, 0.717) is 31.5 Å². The molecule has 1 aromatic heterocycles. The number of aryl methyl sites for hydroxylation is 1. The predicted molar refractivity (Wildman–Crippen MR) is 116 cm³/mol. The van der Waals surface area contributed by atoms with Crippen molar-refractivity contribution < 1.29 is 14.2 Å². The van der Waals surface area contributed by atoms with Crippen molar-refractivity contribution in [3.05, 3.63) is 65.9 Å². The maximum absolute atomic E-state index is 6.30. The van der Waals surface area contributed by atoms with Gasteiger partial charge in [-0.2, -0.15) is 14.9 Å². The Hall–Kier alpha value is -3.32. The van der Waals surface area contributed by atoms with Gasteiger partial charge in [-0.05, 0) is 50.2 Å². The number of hydrazone groups is 1. The summed E-state index contributed by atoms with van der Waals surface area (Å²) < 4.78 is 19.0. The number of rotatable bonds is 7. The highest BCUT2D eigenvalue weighted by Gasteiger charge is 2.18. The van der Waals surface area contributed by atoms with Crippen LogP contribution in [0.2, 0.25) is 0 Å². The normalized spacial score (nSPS) is 14.3. The van der Waals surface area contributed by atoms with Gasteiger partial charge in [0.1, 0.15) is 11.5 Å². The molecule has 0 saturated carbocycles. The Kier molecular flexibility index (Phi) is 6.29. The van der Waals surface area contributed by atoms with Gasteiger partial charge in [-0.3, -0.25) is 5.01 Å². The van der Waals surface area contributed by atoms with Crippen molar-refractivity contribution in [2.75, 3.05) is 32.9 Å². The molecule has 0 radical (unpaired) electrons. The molecule has 1 aliphatic rings.